The van der Waals surface area contributed by atoms with Crippen molar-refractivity contribution < 1.29 is 22.1 Å². The minimum absolute atomic E-state index is 0.0913. The fourth-order valence-electron chi connectivity index (χ4n) is 3.34. The molecular formula is C27H31NO5S. The lowest BCUT2D eigenvalue weighted by Gasteiger charge is -2.24. The highest BCUT2D eigenvalue weighted by Crippen LogP contribution is 2.21. The van der Waals surface area contributed by atoms with Crippen LogP contribution in [-0.4, -0.2) is 26.5 Å². The first-order valence-corrected chi connectivity index (χ1v) is 12.6. The van der Waals surface area contributed by atoms with E-state index in [0.29, 0.717) is 19.5 Å². The number of benzene rings is 3. The molecule has 0 spiro atoms. The SMILES string of the molecule is CC(C)(C)OC(=O)C(CNCc1ccccc1)Cc1ccc(OS(=O)(=O)c2ccccc2)cc1. The Bertz CT molecular complexity index is 1160. The molecule has 3 aromatic rings. The third kappa shape index (κ3) is 8.01. The summed E-state index contributed by atoms with van der Waals surface area (Å²) >= 11 is 0. The van der Waals surface area contributed by atoms with Crippen LogP contribution in [0.25, 0.3) is 0 Å². The average molecular weight is 482 g/mol. The Balaban J connectivity index is 1.66. The number of rotatable bonds is 10. The van der Waals surface area contributed by atoms with Crippen LogP contribution in [0.3, 0.4) is 0 Å². The van der Waals surface area contributed by atoms with E-state index in [2.05, 4.69) is 5.32 Å². The van der Waals surface area contributed by atoms with E-state index in [9.17, 15) is 13.2 Å². The van der Waals surface area contributed by atoms with Crippen LogP contribution in [0.4, 0.5) is 0 Å². The molecule has 3 aromatic carbocycles. The molecule has 3 rings (SSSR count). The van der Waals surface area contributed by atoms with E-state index in [-0.39, 0.29) is 16.6 Å². The van der Waals surface area contributed by atoms with Gasteiger partial charge in [-0.25, -0.2) is 0 Å². The second-order valence-electron chi connectivity index (χ2n) is 9.05. The van der Waals surface area contributed by atoms with Gasteiger partial charge in [0.25, 0.3) is 0 Å². The van der Waals surface area contributed by atoms with Crippen molar-refractivity contribution in [2.75, 3.05) is 6.54 Å². The van der Waals surface area contributed by atoms with Gasteiger partial charge in [-0.2, -0.15) is 8.42 Å². The second-order valence-corrected chi connectivity index (χ2v) is 10.6. The maximum Gasteiger partial charge on any atom is 0.339 e. The standard InChI is InChI=1S/C27H31NO5S/c1-27(2,3)32-26(29)23(20-28-19-22-10-6-4-7-11-22)18-21-14-16-24(17-15-21)33-34(30,31)25-12-8-5-9-13-25/h4-17,23,28H,18-20H2,1-3H3. The van der Waals surface area contributed by atoms with Gasteiger partial charge in [0, 0.05) is 13.1 Å². The summed E-state index contributed by atoms with van der Waals surface area (Å²) in [5, 5.41) is 3.34. The lowest BCUT2D eigenvalue weighted by Crippen LogP contribution is -2.35. The molecular weight excluding hydrogens is 450 g/mol. The van der Waals surface area contributed by atoms with E-state index >= 15 is 0 Å². The monoisotopic (exact) mass is 481 g/mol. The number of hydrogen-bond donors (Lipinski definition) is 1. The van der Waals surface area contributed by atoms with E-state index < -0.39 is 21.6 Å². The zero-order valence-electron chi connectivity index (χ0n) is 19.7. The Morgan fingerprint density at radius 2 is 1.44 bits per heavy atom. The van der Waals surface area contributed by atoms with Crippen molar-refractivity contribution in [1.29, 1.82) is 0 Å². The van der Waals surface area contributed by atoms with Gasteiger partial charge in [-0.15, -0.1) is 0 Å². The highest BCUT2D eigenvalue weighted by Gasteiger charge is 2.25. The first-order chi connectivity index (χ1) is 16.1. The summed E-state index contributed by atoms with van der Waals surface area (Å²) in [7, 11) is -3.91. The van der Waals surface area contributed by atoms with Gasteiger partial charge >= 0.3 is 16.1 Å². The van der Waals surface area contributed by atoms with Crippen LogP contribution in [0.5, 0.6) is 5.75 Å². The maximum absolute atomic E-state index is 12.9. The number of esters is 1. The van der Waals surface area contributed by atoms with Gasteiger partial charge in [0.2, 0.25) is 0 Å². The molecule has 34 heavy (non-hydrogen) atoms. The van der Waals surface area contributed by atoms with Crippen LogP contribution < -0.4 is 9.50 Å². The molecule has 1 atom stereocenters. The number of carbonyl (C=O) groups excluding carboxylic acids is 1. The number of carbonyl (C=O) groups is 1. The largest absolute Gasteiger partial charge is 0.460 e. The minimum atomic E-state index is -3.91. The summed E-state index contributed by atoms with van der Waals surface area (Å²) < 4.78 is 35.7. The van der Waals surface area contributed by atoms with Gasteiger partial charge in [0.05, 0.1) is 5.92 Å². The predicted molar refractivity (Wildman–Crippen MR) is 132 cm³/mol. The summed E-state index contributed by atoms with van der Waals surface area (Å²) in [5.41, 5.74) is 1.42. The first-order valence-electron chi connectivity index (χ1n) is 11.2. The average Bonchev–Trinajstić information content (AvgIpc) is 2.79. The molecule has 0 saturated carbocycles. The summed E-state index contributed by atoms with van der Waals surface area (Å²) in [5.74, 6) is -0.466. The van der Waals surface area contributed by atoms with Gasteiger partial charge < -0.3 is 14.2 Å². The van der Waals surface area contributed by atoms with Crippen LogP contribution in [-0.2, 0) is 32.6 Å². The lowest BCUT2D eigenvalue weighted by atomic mass is 9.98. The topological polar surface area (TPSA) is 81.7 Å². The third-order valence-electron chi connectivity index (χ3n) is 4.95. The van der Waals surface area contributed by atoms with Crippen molar-refractivity contribution in [1.82, 2.24) is 5.32 Å². The molecule has 0 aliphatic rings. The van der Waals surface area contributed by atoms with Gasteiger partial charge in [-0.05, 0) is 62.6 Å². The van der Waals surface area contributed by atoms with Crippen molar-refractivity contribution in [3.63, 3.8) is 0 Å². The molecule has 0 saturated heterocycles. The Morgan fingerprint density at radius 1 is 0.853 bits per heavy atom. The van der Waals surface area contributed by atoms with Crippen molar-refractivity contribution >= 4 is 16.1 Å². The molecule has 0 aliphatic carbocycles. The fourth-order valence-corrected chi connectivity index (χ4v) is 4.29. The third-order valence-corrected chi connectivity index (χ3v) is 6.21. The van der Waals surface area contributed by atoms with Crippen molar-refractivity contribution in [3.05, 3.63) is 96.1 Å². The zero-order chi connectivity index (χ0) is 24.6. The van der Waals surface area contributed by atoms with Gasteiger partial charge in [0.15, 0.2) is 0 Å². The van der Waals surface area contributed by atoms with Crippen molar-refractivity contribution in [2.24, 2.45) is 5.92 Å². The van der Waals surface area contributed by atoms with E-state index in [1.54, 1.807) is 42.5 Å². The van der Waals surface area contributed by atoms with Crippen LogP contribution in [0.1, 0.15) is 31.9 Å². The minimum Gasteiger partial charge on any atom is -0.460 e. The fraction of sp³-hybridized carbons (Fsp3) is 0.296. The van der Waals surface area contributed by atoms with Crippen LogP contribution in [0.2, 0.25) is 0 Å². The Morgan fingerprint density at radius 3 is 2.03 bits per heavy atom. The van der Waals surface area contributed by atoms with E-state index in [0.717, 1.165) is 11.1 Å². The van der Waals surface area contributed by atoms with Gasteiger partial charge in [-0.3, -0.25) is 4.79 Å². The Labute approximate surface area is 202 Å². The summed E-state index contributed by atoms with van der Waals surface area (Å²) in [6, 6.07) is 24.7. The van der Waals surface area contributed by atoms with Crippen molar-refractivity contribution in [2.45, 2.75) is 44.2 Å². The first kappa shape index (κ1) is 25.5. The highest BCUT2D eigenvalue weighted by atomic mass is 32.2. The molecule has 0 aromatic heterocycles. The number of ether oxygens (including phenoxy) is 1. The summed E-state index contributed by atoms with van der Waals surface area (Å²) in [6.45, 7) is 6.63. The molecule has 1 unspecified atom stereocenters. The second kappa shape index (κ2) is 11.3. The van der Waals surface area contributed by atoms with Crippen molar-refractivity contribution in [3.8, 4) is 5.75 Å². The normalized spacial score (nSPS) is 12.7. The maximum atomic E-state index is 12.9. The Hall–Kier alpha value is -3.16. The predicted octanol–water partition coefficient (Wildman–Crippen LogP) is 4.74. The quantitative estimate of drug-likeness (QED) is 0.333. The van der Waals surface area contributed by atoms with Gasteiger partial charge in [-0.1, -0.05) is 60.7 Å². The molecule has 0 aliphatic heterocycles. The highest BCUT2D eigenvalue weighted by molar-refractivity contribution is 7.87. The summed E-state index contributed by atoms with van der Waals surface area (Å²) in [4.78, 5) is 12.9. The van der Waals surface area contributed by atoms with E-state index in [4.69, 9.17) is 8.92 Å². The van der Waals surface area contributed by atoms with Crippen LogP contribution in [0, 0.1) is 5.92 Å². The van der Waals surface area contributed by atoms with Crippen LogP contribution >= 0.6 is 0 Å². The summed E-state index contributed by atoms with van der Waals surface area (Å²) in [6.07, 6.45) is 0.447. The molecule has 0 heterocycles. The van der Waals surface area contributed by atoms with Crippen LogP contribution in [0.15, 0.2) is 89.8 Å². The lowest BCUT2D eigenvalue weighted by molar-refractivity contribution is -0.159. The molecule has 0 radical (unpaired) electrons. The molecule has 1 N–H and O–H groups in total. The van der Waals surface area contributed by atoms with Gasteiger partial charge in [0.1, 0.15) is 16.2 Å². The number of hydrogen-bond acceptors (Lipinski definition) is 6. The van der Waals surface area contributed by atoms with E-state index in [1.165, 1.54) is 12.1 Å². The zero-order valence-corrected chi connectivity index (χ0v) is 20.5. The smallest absolute Gasteiger partial charge is 0.339 e. The molecule has 7 heteroatoms. The molecule has 6 nitrogen and oxygen atoms in total. The van der Waals surface area contributed by atoms with E-state index in [1.807, 2.05) is 51.1 Å². The molecule has 0 bridgehead atoms. The molecule has 0 amide bonds. The molecule has 180 valence electrons. The Kier molecular flexibility index (Phi) is 8.47. The number of nitrogens with one attached hydrogen (secondary N) is 1. The molecule has 0 fully saturated rings.